The number of esters is 1. The van der Waals surface area contributed by atoms with Crippen molar-refractivity contribution in [2.45, 2.75) is 36.8 Å². The molecule has 0 amide bonds. The number of rotatable bonds is 7. The fraction of sp³-hybridized carbons (Fsp3) is 0.265. The Morgan fingerprint density at radius 3 is 2.22 bits per heavy atom. The van der Waals surface area contributed by atoms with Crippen LogP contribution in [0.3, 0.4) is 0 Å². The zero-order valence-corrected chi connectivity index (χ0v) is 23.1. The molecule has 6 rings (SSSR count). The molecule has 1 aliphatic heterocycles. The van der Waals surface area contributed by atoms with Crippen molar-refractivity contribution in [3.63, 3.8) is 0 Å². The standard InChI is InChI=1S/C34H32O7/c1-21-18-26(38-2)30-27(19-21)41-34(24-14-16-25(17-15-24)40-20-22-10-6-4-7-11-22)29(23-12-8-5-9-13-23)28(32(36)39-3)31(35)33(30,34)37/h4-19,28-29,31,35,37H,20H2,1-3H3/t28-,29-,31-,33+,34+/m1/s1. The van der Waals surface area contributed by atoms with Crippen molar-refractivity contribution in [3.8, 4) is 17.2 Å². The zero-order chi connectivity index (χ0) is 28.8. The van der Waals surface area contributed by atoms with E-state index in [9.17, 15) is 15.0 Å². The van der Waals surface area contributed by atoms with Crippen LogP contribution in [0.5, 0.6) is 17.2 Å². The van der Waals surface area contributed by atoms with Crippen LogP contribution in [0.4, 0.5) is 0 Å². The summed E-state index contributed by atoms with van der Waals surface area (Å²) in [4.78, 5) is 13.3. The lowest BCUT2D eigenvalue weighted by Crippen LogP contribution is -2.52. The van der Waals surface area contributed by atoms with Gasteiger partial charge in [-0.15, -0.1) is 0 Å². The summed E-state index contributed by atoms with van der Waals surface area (Å²) in [6, 6.07) is 30.0. The van der Waals surface area contributed by atoms with Crippen LogP contribution in [0.2, 0.25) is 0 Å². The molecule has 1 heterocycles. The minimum Gasteiger partial charge on any atom is -0.496 e. The second kappa shape index (κ2) is 10.3. The van der Waals surface area contributed by atoms with Crippen molar-refractivity contribution >= 4 is 5.97 Å². The third kappa shape index (κ3) is 3.99. The lowest BCUT2D eigenvalue weighted by molar-refractivity contribution is -0.161. The molecule has 2 N–H and O–H groups in total. The van der Waals surface area contributed by atoms with E-state index in [-0.39, 0.29) is 0 Å². The van der Waals surface area contributed by atoms with Crippen LogP contribution in [-0.4, -0.2) is 36.5 Å². The van der Waals surface area contributed by atoms with Gasteiger partial charge in [0, 0.05) is 5.92 Å². The Morgan fingerprint density at radius 2 is 1.59 bits per heavy atom. The minimum absolute atomic E-state index is 0.301. The summed E-state index contributed by atoms with van der Waals surface area (Å²) >= 11 is 0. The molecule has 41 heavy (non-hydrogen) atoms. The lowest BCUT2D eigenvalue weighted by Gasteiger charge is -2.40. The number of methoxy groups -OCH3 is 2. The average Bonchev–Trinajstić information content (AvgIpc) is 3.38. The van der Waals surface area contributed by atoms with Gasteiger partial charge < -0.3 is 29.2 Å². The summed E-state index contributed by atoms with van der Waals surface area (Å²) < 4.78 is 23.7. The Balaban J connectivity index is 1.54. The summed E-state index contributed by atoms with van der Waals surface area (Å²) in [6.07, 6.45) is -1.58. The average molecular weight is 553 g/mol. The topological polar surface area (TPSA) is 94.5 Å². The van der Waals surface area contributed by atoms with Gasteiger partial charge in [0.2, 0.25) is 0 Å². The van der Waals surface area contributed by atoms with E-state index in [0.717, 1.165) is 11.1 Å². The van der Waals surface area contributed by atoms with E-state index in [1.807, 2.05) is 97.9 Å². The molecule has 7 heteroatoms. The van der Waals surface area contributed by atoms with E-state index in [4.69, 9.17) is 18.9 Å². The van der Waals surface area contributed by atoms with Crippen molar-refractivity contribution in [1.29, 1.82) is 0 Å². The number of aryl methyl sites for hydroxylation is 1. The molecular formula is C34H32O7. The Hall–Kier alpha value is -4.33. The summed E-state index contributed by atoms with van der Waals surface area (Å²) in [5, 5.41) is 24.8. The Labute approximate surface area is 238 Å². The maximum absolute atomic E-state index is 13.3. The molecular weight excluding hydrogens is 520 g/mol. The highest BCUT2D eigenvalue weighted by Crippen LogP contribution is 2.70. The number of carbonyl (C=O) groups excluding carboxylic acids is 1. The first kappa shape index (κ1) is 26.9. The van der Waals surface area contributed by atoms with Crippen LogP contribution in [0.1, 0.15) is 33.7 Å². The van der Waals surface area contributed by atoms with Gasteiger partial charge in [-0.25, -0.2) is 0 Å². The number of ether oxygens (including phenoxy) is 4. The smallest absolute Gasteiger partial charge is 0.312 e. The van der Waals surface area contributed by atoms with Crippen molar-refractivity contribution in [2.24, 2.45) is 5.92 Å². The number of aliphatic hydroxyl groups is 2. The molecule has 1 saturated carbocycles. The Morgan fingerprint density at radius 1 is 0.927 bits per heavy atom. The highest BCUT2D eigenvalue weighted by Gasteiger charge is 2.78. The maximum atomic E-state index is 13.3. The van der Waals surface area contributed by atoms with E-state index in [1.54, 1.807) is 6.07 Å². The number of carbonyl (C=O) groups is 1. The molecule has 0 aromatic heterocycles. The molecule has 4 aromatic carbocycles. The molecule has 1 aliphatic carbocycles. The van der Waals surface area contributed by atoms with Gasteiger partial charge in [-0.3, -0.25) is 4.79 Å². The van der Waals surface area contributed by atoms with Crippen LogP contribution >= 0.6 is 0 Å². The van der Waals surface area contributed by atoms with Crippen LogP contribution in [-0.2, 0) is 27.3 Å². The van der Waals surface area contributed by atoms with Gasteiger partial charge in [0.25, 0.3) is 0 Å². The van der Waals surface area contributed by atoms with E-state index >= 15 is 0 Å². The number of fused-ring (bicyclic) bond motifs is 3. The first-order chi connectivity index (χ1) is 19.8. The van der Waals surface area contributed by atoms with Crippen molar-refractivity contribution < 1.29 is 34.0 Å². The molecule has 1 fully saturated rings. The lowest BCUT2D eigenvalue weighted by atomic mass is 9.70. The largest absolute Gasteiger partial charge is 0.496 e. The molecule has 0 radical (unpaired) electrons. The maximum Gasteiger partial charge on any atom is 0.312 e. The Bertz CT molecular complexity index is 1550. The third-order valence-electron chi connectivity index (χ3n) is 8.38. The normalized spacial score (nSPS) is 26.0. The van der Waals surface area contributed by atoms with Crippen LogP contribution in [0.15, 0.2) is 97.1 Å². The van der Waals surface area contributed by atoms with Gasteiger partial charge in [0.05, 0.1) is 25.7 Å². The summed E-state index contributed by atoms with van der Waals surface area (Å²) in [5.74, 6) is -1.22. The van der Waals surface area contributed by atoms with E-state index < -0.39 is 35.1 Å². The minimum atomic E-state index is -2.06. The van der Waals surface area contributed by atoms with Crippen molar-refractivity contribution in [3.05, 3.63) is 125 Å². The number of benzene rings is 4. The monoisotopic (exact) mass is 552 g/mol. The SMILES string of the molecule is COC(=O)[C@H]1[C@@H](O)[C@@]2(O)c3c(OC)cc(C)cc3O[C@@]2(c2ccc(OCc3ccccc3)cc2)[C@@H]1c1ccccc1. The molecule has 5 atom stereocenters. The summed E-state index contributed by atoms with van der Waals surface area (Å²) in [6.45, 7) is 2.29. The van der Waals surface area contributed by atoms with Gasteiger partial charge >= 0.3 is 5.97 Å². The summed E-state index contributed by atoms with van der Waals surface area (Å²) in [7, 11) is 2.78. The number of aliphatic hydroxyl groups excluding tert-OH is 1. The molecule has 0 saturated heterocycles. The van der Waals surface area contributed by atoms with Gasteiger partial charge in [0.15, 0.2) is 11.2 Å². The molecule has 2 aliphatic rings. The molecule has 0 bridgehead atoms. The first-order valence-electron chi connectivity index (χ1n) is 13.5. The predicted octanol–water partition coefficient (Wildman–Crippen LogP) is 5.01. The van der Waals surface area contributed by atoms with Crippen LogP contribution in [0, 0.1) is 12.8 Å². The van der Waals surface area contributed by atoms with Gasteiger partial charge in [-0.2, -0.15) is 0 Å². The molecule has 4 aromatic rings. The predicted molar refractivity (Wildman–Crippen MR) is 152 cm³/mol. The first-order valence-corrected chi connectivity index (χ1v) is 13.5. The van der Waals surface area contributed by atoms with E-state index in [2.05, 4.69) is 0 Å². The van der Waals surface area contributed by atoms with Gasteiger partial charge in [-0.05, 0) is 53.4 Å². The fourth-order valence-electron chi connectivity index (χ4n) is 6.64. The number of hydrogen-bond donors (Lipinski definition) is 2. The quantitative estimate of drug-likeness (QED) is 0.312. The Kier molecular flexibility index (Phi) is 6.72. The molecule has 210 valence electrons. The number of hydrogen-bond acceptors (Lipinski definition) is 7. The van der Waals surface area contributed by atoms with Crippen molar-refractivity contribution in [2.75, 3.05) is 14.2 Å². The molecule has 7 nitrogen and oxygen atoms in total. The third-order valence-corrected chi connectivity index (χ3v) is 8.38. The van der Waals surface area contributed by atoms with Gasteiger partial charge in [0.1, 0.15) is 30.0 Å². The van der Waals surface area contributed by atoms with Crippen LogP contribution in [0.25, 0.3) is 0 Å². The molecule has 0 unspecified atom stereocenters. The second-order valence-corrected chi connectivity index (χ2v) is 10.6. The highest BCUT2D eigenvalue weighted by molar-refractivity contribution is 5.78. The highest BCUT2D eigenvalue weighted by atomic mass is 16.5. The van der Waals surface area contributed by atoms with Crippen molar-refractivity contribution in [1.82, 2.24) is 0 Å². The van der Waals surface area contributed by atoms with E-state index in [0.29, 0.717) is 40.5 Å². The van der Waals surface area contributed by atoms with Gasteiger partial charge in [-0.1, -0.05) is 72.8 Å². The second-order valence-electron chi connectivity index (χ2n) is 10.6. The van der Waals surface area contributed by atoms with Crippen LogP contribution < -0.4 is 14.2 Å². The zero-order valence-electron chi connectivity index (χ0n) is 23.1. The summed E-state index contributed by atoms with van der Waals surface area (Å²) in [5.41, 5.74) is -0.186. The molecule has 0 spiro atoms. The van der Waals surface area contributed by atoms with E-state index in [1.165, 1.54) is 14.2 Å². The fourth-order valence-corrected chi connectivity index (χ4v) is 6.64.